The van der Waals surface area contributed by atoms with Gasteiger partial charge in [0.2, 0.25) is 0 Å². The Kier molecular flexibility index (Phi) is 6.46. The van der Waals surface area contributed by atoms with Gasteiger partial charge in [-0.3, -0.25) is 4.79 Å². The number of ketones is 1. The van der Waals surface area contributed by atoms with Crippen LogP contribution in [0.4, 0.5) is 0 Å². The number of allylic oxidation sites excluding steroid dienone is 3. The summed E-state index contributed by atoms with van der Waals surface area (Å²) in [4.78, 5) is 12.8. The van der Waals surface area contributed by atoms with Crippen molar-refractivity contribution < 1.29 is 14.3 Å². The van der Waals surface area contributed by atoms with E-state index in [4.69, 9.17) is 9.47 Å². The van der Waals surface area contributed by atoms with Gasteiger partial charge in [0.15, 0.2) is 5.78 Å². The molecule has 0 saturated heterocycles. The van der Waals surface area contributed by atoms with Gasteiger partial charge in [0, 0.05) is 29.9 Å². The molecule has 3 nitrogen and oxygen atoms in total. The second kappa shape index (κ2) is 8.06. The molecule has 2 aliphatic rings. The van der Waals surface area contributed by atoms with E-state index in [0.29, 0.717) is 12.3 Å². The van der Waals surface area contributed by atoms with Gasteiger partial charge in [-0.25, -0.2) is 0 Å². The fourth-order valence-electron chi connectivity index (χ4n) is 4.78. The van der Waals surface area contributed by atoms with Crippen molar-refractivity contribution in [2.45, 2.75) is 59.0 Å². The molecule has 1 saturated carbocycles. The zero-order valence-corrected chi connectivity index (χ0v) is 16.9. The van der Waals surface area contributed by atoms with Crippen LogP contribution in [-0.2, 0) is 14.3 Å². The molecule has 2 aliphatic carbocycles. The van der Waals surface area contributed by atoms with Crippen LogP contribution in [0.5, 0.6) is 0 Å². The summed E-state index contributed by atoms with van der Waals surface area (Å²) in [5.74, 6) is 0.731. The summed E-state index contributed by atoms with van der Waals surface area (Å²) in [6.45, 7) is 19.1. The Morgan fingerprint density at radius 3 is 2.69 bits per heavy atom. The molecule has 2 rings (SSSR count). The number of methoxy groups -OCH3 is 1. The molecular weight excluding hydrogens is 324 g/mol. The summed E-state index contributed by atoms with van der Waals surface area (Å²) in [6, 6.07) is 0. The van der Waals surface area contributed by atoms with Crippen LogP contribution in [0.15, 0.2) is 48.6 Å². The first-order chi connectivity index (χ1) is 12.3. The third-order valence-corrected chi connectivity index (χ3v) is 6.61. The molecule has 0 amide bonds. The zero-order chi connectivity index (χ0) is 19.5. The molecule has 26 heavy (non-hydrogen) atoms. The quantitative estimate of drug-likeness (QED) is 0.409. The lowest BCUT2D eigenvalue weighted by atomic mass is 9.61. The van der Waals surface area contributed by atoms with Crippen LogP contribution in [0.1, 0.15) is 52.9 Å². The number of rotatable bonds is 9. The van der Waals surface area contributed by atoms with Crippen molar-refractivity contribution >= 4 is 5.78 Å². The Balaban J connectivity index is 2.52. The fraction of sp³-hybridized carbons (Fsp3) is 0.609. The maximum absolute atomic E-state index is 12.8. The highest BCUT2D eigenvalue weighted by atomic mass is 16.7. The number of ether oxygens (including phenoxy) is 2. The average Bonchev–Trinajstić information content (AvgIpc) is 2.97. The number of fused-ring (bicyclic) bond motifs is 1. The number of hydrogen-bond acceptors (Lipinski definition) is 3. The minimum atomic E-state index is -0.347. The van der Waals surface area contributed by atoms with Crippen LogP contribution in [0, 0.1) is 16.7 Å². The highest BCUT2D eigenvalue weighted by molar-refractivity contribution is 6.01. The molecule has 0 aromatic rings. The first-order valence-corrected chi connectivity index (χ1v) is 9.56. The van der Waals surface area contributed by atoms with Gasteiger partial charge in [0.1, 0.15) is 6.79 Å². The third kappa shape index (κ3) is 3.39. The lowest BCUT2D eigenvalue weighted by molar-refractivity contribution is -0.114. The first kappa shape index (κ1) is 20.9. The van der Waals surface area contributed by atoms with E-state index in [1.165, 1.54) is 5.57 Å². The van der Waals surface area contributed by atoms with Crippen LogP contribution in [0.3, 0.4) is 0 Å². The van der Waals surface area contributed by atoms with E-state index >= 15 is 0 Å². The summed E-state index contributed by atoms with van der Waals surface area (Å²) in [6.07, 6.45) is 7.72. The molecule has 0 heterocycles. The van der Waals surface area contributed by atoms with Gasteiger partial charge in [-0.2, -0.15) is 0 Å². The Morgan fingerprint density at radius 1 is 1.42 bits per heavy atom. The Labute approximate surface area is 158 Å². The fourth-order valence-corrected chi connectivity index (χ4v) is 4.78. The standard InChI is InChI=1S/C23H34O3/c1-8-12-22(6,9-2)21(26-15-25-7)18(5)23-13-10-16(3)17(4)20(23)19(24)11-14-23/h8-9,16,21H,1-2,5,10-15H2,3-4,6-7H3. The van der Waals surface area contributed by atoms with Gasteiger partial charge < -0.3 is 9.47 Å². The summed E-state index contributed by atoms with van der Waals surface area (Å²) >= 11 is 0. The van der Waals surface area contributed by atoms with Crippen molar-refractivity contribution in [3.05, 3.63) is 48.6 Å². The van der Waals surface area contributed by atoms with Crippen LogP contribution in [0.2, 0.25) is 0 Å². The zero-order valence-electron chi connectivity index (χ0n) is 16.9. The lowest BCUT2D eigenvalue weighted by Gasteiger charge is -2.46. The van der Waals surface area contributed by atoms with E-state index in [1.807, 2.05) is 12.2 Å². The maximum atomic E-state index is 12.8. The number of hydrogen-bond donors (Lipinski definition) is 0. The van der Waals surface area contributed by atoms with Gasteiger partial charge in [-0.05, 0) is 44.1 Å². The van der Waals surface area contributed by atoms with Gasteiger partial charge in [0.25, 0.3) is 0 Å². The number of carbonyl (C=O) groups excluding carboxylic acids is 1. The van der Waals surface area contributed by atoms with Crippen molar-refractivity contribution in [3.8, 4) is 0 Å². The minimum Gasteiger partial charge on any atom is -0.359 e. The predicted molar refractivity (Wildman–Crippen MR) is 107 cm³/mol. The van der Waals surface area contributed by atoms with Crippen molar-refractivity contribution in [2.75, 3.05) is 13.9 Å². The molecule has 0 aliphatic heterocycles. The highest BCUT2D eigenvalue weighted by Gasteiger charge is 2.52. The molecular formula is C23H34O3. The van der Waals surface area contributed by atoms with E-state index in [9.17, 15) is 4.79 Å². The highest BCUT2D eigenvalue weighted by Crippen LogP contribution is 2.57. The molecule has 0 spiro atoms. The summed E-state index contributed by atoms with van der Waals surface area (Å²) in [5, 5.41) is 0. The third-order valence-electron chi connectivity index (χ3n) is 6.61. The monoisotopic (exact) mass is 358 g/mol. The van der Waals surface area contributed by atoms with Crippen LogP contribution < -0.4 is 0 Å². The molecule has 1 fully saturated rings. The first-order valence-electron chi connectivity index (χ1n) is 9.56. The molecule has 144 valence electrons. The smallest absolute Gasteiger partial charge is 0.159 e. The Hall–Kier alpha value is -1.45. The minimum absolute atomic E-state index is 0.183. The molecule has 0 aromatic carbocycles. The lowest BCUT2D eigenvalue weighted by Crippen LogP contribution is -2.42. The van der Waals surface area contributed by atoms with E-state index in [1.54, 1.807) is 7.11 Å². The molecule has 0 bridgehead atoms. The van der Waals surface area contributed by atoms with Crippen LogP contribution >= 0.6 is 0 Å². The van der Waals surface area contributed by atoms with E-state index in [0.717, 1.165) is 36.8 Å². The average molecular weight is 359 g/mol. The van der Waals surface area contributed by atoms with E-state index in [-0.39, 0.29) is 29.5 Å². The molecule has 4 unspecified atom stereocenters. The summed E-state index contributed by atoms with van der Waals surface area (Å²) < 4.78 is 11.3. The number of carbonyl (C=O) groups is 1. The Morgan fingerprint density at radius 2 is 2.12 bits per heavy atom. The molecule has 4 atom stereocenters. The van der Waals surface area contributed by atoms with Gasteiger partial charge in [-0.15, -0.1) is 13.2 Å². The maximum Gasteiger partial charge on any atom is 0.159 e. The van der Waals surface area contributed by atoms with Crippen molar-refractivity contribution in [1.82, 2.24) is 0 Å². The summed E-state index contributed by atoms with van der Waals surface area (Å²) in [7, 11) is 1.62. The topological polar surface area (TPSA) is 35.5 Å². The second-order valence-electron chi connectivity index (χ2n) is 8.18. The van der Waals surface area contributed by atoms with Crippen molar-refractivity contribution in [1.29, 1.82) is 0 Å². The van der Waals surface area contributed by atoms with Crippen molar-refractivity contribution in [3.63, 3.8) is 0 Å². The van der Waals surface area contributed by atoms with Gasteiger partial charge in [0.05, 0.1) is 6.10 Å². The number of Topliss-reactive ketones (excluding diaryl/α,β-unsaturated/α-hetero) is 1. The second-order valence-corrected chi connectivity index (χ2v) is 8.18. The normalized spacial score (nSPS) is 29.1. The predicted octanol–water partition coefficient (Wildman–Crippen LogP) is 5.40. The van der Waals surface area contributed by atoms with Crippen LogP contribution in [0.25, 0.3) is 0 Å². The molecule has 0 N–H and O–H groups in total. The molecule has 0 aromatic heterocycles. The summed E-state index contributed by atoms with van der Waals surface area (Å²) in [5.41, 5.74) is 2.59. The largest absolute Gasteiger partial charge is 0.359 e. The molecule has 0 radical (unpaired) electrons. The van der Waals surface area contributed by atoms with Crippen molar-refractivity contribution in [2.24, 2.45) is 16.7 Å². The van der Waals surface area contributed by atoms with E-state index < -0.39 is 0 Å². The van der Waals surface area contributed by atoms with E-state index in [2.05, 4.69) is 40.5 Å². The SMILES string of the molecule is C=CCC(C)(C=C)C(OCOC)C(=C)C12CCC(=O)C1=C(C)C(C)CC2. The Bertz CT molecular complexity index is 629. The molecule has 3 heteroatoms. The van der Waals surface area contributed by atoms with Crippen LogP contribution in [-0.4, -0.2) is 25.8 Å². The van der Waals surface area contributed by atoms with Gasteiger partial charge in [-0.1, -0.05) is 38.2 Å². The van der Waals surface area contributed by atoms with Gasteiger partial charge >= 0.3 is 0 Å².